The first-order valence-electron chi connectivity index (χ1n) is 6.58. The van der Waals surface area contributed by atoms with E-state index in [1.54, 1.807) is 0 Å². The molecule has 0 heterocycles. The molecule has 1 aliphatic carbocycles. The number of hydrogen-bond acceptors (Lipinski definition) is 1. The van der Waals surface area contributed by atoms with Gasteiger partial charge in [-0.15, -0.1) is 0 Å². The number of hydrogen-bond donors (Lipinski definition) is 1. The van der Waals surface area contributed by atoms with E-state index in [0.717, 1.165) is 0 Å². The van der Waals surface area contributed by atoms with Crippen molar-refractivity contribution in [1.82, 2.24) is 0 Å². The first kappa shape index (κ1) is 13.5. The molecule has 0 aromatic heterocycles. The Kier molecular flexibility index (Phi) is 4.64. The molecule has 2 unspecified atom stereocenters. The molecule has 0 saturated heterocycles. The first-order valence-corrected chi connectivity index (χ1v) is 7.03. The minimum atomic E-state index is 0.306. The summed E-state index contributed by atoms with van der Waals surface area (Å²) >= 11 is 4.97. The van der Waals surface area contributed by atoms with Gasteiger partial charge in [0.2, 0.25) is 0 Å². The summed E-state index contributed by atoms with van der Waals surface area (Å²) in [5.74, 6) is 0.710. The van der Waals surface area contributed by atoms with E-state index in [9.17, 15) is 0 Å². The second kappa shape index (κ2) is 5.16. The van der Waals surface area contributed by atoms with Gasteiger partial charge in [-0.1, -0.05) is 58.2 Å². The van der Waals surface area contributed by atoms with Gasteiger partial charge in [0.25, 0.3) is 0 Å². The van der Waals surface area contributed by atoms with Crippen LogP contribution in [0.25, 0.3) is 0 Å². The monoisotopic (exact) mass is 226 g/mol. The highest BCUT2D eigenvalue weighted by molar-refractivity contribution is 7.81. The Morgan fingerprint density at radius 3 is 2.07 bits per heavy atom. The third kappa shape index (κ3) is 4.05. The van der Waals surface area contributed by atoms with Gasteiger partial charge in [0.15, 0.2) is 0 Å². The van der Waals surface area contributed by atoms with Crippen LogP contribution in [0.4, 0.5) is 0 Å². The molecule has 0 bridgehead atoms. The van der Waals surface area contributed by atoms with Crippen LogP contribution in [0.5, 0.6) is 0 Å². The number of thiol groups is 1. The Labute approximate surface area is 102 Å². The lowest BCUT2D eigenvalue weighted by Gasteiger charge is -2.33. The lowest BCUT2D eigenvalue weighted by Crippen LogP contribution is -2.28. The summed E-state index contributed by atoms with van der Waals surface area (Å²) in [6.07, 6.45) is 9.50. The lowest BCUT2D eigenvalue weighted by atomic mass is 9.64. The Bertz CT molecular complexity index is 201. The van der Waals surface area contributed by atoms with Crippen molar-refractivity contribution < 1.29 is 0 Å². The van der Waals surface area contributed by atoms with Gasteiger partial charge >= 0.3 is 0 Å². The minimum Gasteiger partial charge on any atom is -0.172 e. The molecule has 1 saturated carbocycles. The van der Waals surface area contributed by atoms with Crippen molar-refractivity contribution in [2.75, 3.05) is 0 Å². The second-order valence-electron chi connectivity index (χ2n) is 6.48. The van der Waals surface area contributed by atoms with Crippen LogP contribution in [0.3, 0.4) is 0 Å². The summed E-state index contributed by atoms with van der Waals surface area (Å²) < 4.78 is 0.306. The Morgan fingerprint density at radius 2 is 1.47 bits per heavy atom. The van der Waals surface area contributed by atoms with E-state index < -0.39 is 0 Å². The largest absolute Gasteiger partial charge is 0.172 e. The smallest absolute Gasteiger partial charge is 0.109 e. The first-order chi connectivity index (χ1) is 6.86. The second-order valence-corrected chi connectivity index (χ2v) is 7.37. The molecule has 88 valence electrons. The molecule has 0 spiro atoms. The Morgan fingerprint density at radius 1 is 1.00 bits per heavy atom. The summed E-state index contributed by atoms with van der Waals surface area (Å²) in [7, 11) is 2.42. The van der Waals surface area contributed by atoms with Gasteiger partial charge in [-0.3, -0.25) is 0 Å². The maximum atomic E-state index is 4.97. The van der Waals surface area contributed by atoms with E-state index in [1.807, 2.05) is 0 Å². The zero-order valence-electron chi connectivity index (χ0n) is 11.0. The van der Waals surface area contributed by atoms with Crippen molar-refractivity contribution >= 4 is 20.5 Å². The molecule has 0 aromatic carbocycles. The van der Waals surface area contributed by atoms with Gasteiger partial charge in [0.05, 0.1) is 0 Å². The summed E-state index contributed by atoms with van der Waals surface area (Å²) in [5.41, 5.74) is 0. The zero-order valence-corrected chi connectivity index (χ0v) is 11.9. The van der Waals surface area contributed by atoms with Gasteiger partial charge in [-0.2, -0.15) is 12.6 Å². The Balaban J connectivity index is 2.60. The standard InChI is InChI=1S/C13H27BS/c1-11(2)13(15)9-5-4-7-12(3,14)8-6-10-13/h11,15H,4-10,14H2,1-3H3. The normalized spacial score (nSPS) is 39.5. The van der Waals surface area contributed by atoms with Crippen LogP contribution in [0.2, 0.25) is 5.31 Å². The zero-order chi connectivity index (χ0) is 11.5. The van der Waals surface area contributed by atoms with Crippen molar-refractivity contribution in [2.24, 2.45) is 5.92 Å². The van der Waals surface area contributed by atoms with Crippen molar-refractivity contribution in [2.45, 2.75) is 75.8 Å². The fraction of sp³-hybridized carbons (Fsp3) is 1.00. The fourth-order valence-corrected chi connectivity index (χ4v) is 3.05. The SMILES string of the molecule is BC1(C)CCCCC(S)(C(C)C)CCC1. The van der Waals surface area contributed by atoms with Crippen molar-refractivity contribution in [3.05, 3.63) is 0 Å². The van der Waals surface area contributed by atoms with Crippen LogP contribution in [0.1, 0.15) is 65.7 Å². The molecule has 0 amide bonds. The van der Waals surface area contributed by atoms with Crippen LogP contribution in [0, 0.1) is 5.92 Å². The van der Waals surface area contributed by atoms with E-state index in [4.69, 9.17) is 12.6 Å². The molecular formula is C13H27BS. The fourth-order valence-electron chi connectivity index (χ4n) is 2.74. The molecule has 2 atom stereocenters. The molecule has 15 heavy (non-hydrogen) atoms. The van der Waals surface area contributed by atoms with Crippen LogP contribution in [-0.4, -0.2) is 12.6 Å². The van der Waals surface area contributed by atoms with E-state index in [0.29, 0.717) is 16.0 Å². The molecule has 1 rings (SSSR count). The maximum Gasteiger partial charge on any atom is 0.109 e. The van der Waals surface area contributed by atoms with Gasteiger partial charge in [-0.25, -0.2) is 0 Å². The van der Waals surface area contributed by atoms with E-state index in [1.165, 1.54) is 44.9 Å². The molecular weight excluding hydrogens is 199 g/mol. The molecule has 0 radical (unpaired) electrons. The summed E-state index contributed by atoms with van der Waals surface area (Å²) in [4.78, 5) is 0. The van der Waals surface area contributed by atoms with Crippen LogP contribution >= 0.6 is 12.6 Å². The van der Waals surface area contributed by atoms with Crippen LogP contribution in [0.15, 0.2) is 0 Å². The molecule has 0 nitrogen and oxygen atoms in total. The quantitative estimate of drug-likeness (QED) is 0.509. The molecule has 1 aliphatic rings. The lowest BCUT2D eigenvalue weighted by molar-refractivity contribution is 0.370. The minimum absolute atomic E-state index is 0.306. The van der Waals surface area contributed by atoms with Crippen molar-refractivity contribution in [3.63, 3.8) is 0 Å². The highest BCUT2D eigenvalue weighted by Crippen LogP contribution is 2.42. The van der Waals surface area contributed by atoms with Crippen molar-refractivity contribution in [3.8, 4) is 0 Å². The summed E-state index contributed by atoms with van der Waals surface area (Å²) in [6, 6.07) is 0. The third-order valence-electron chi connectivity index (χ3n) is 4.25. The average molecular weight is 226 g/mol. The third-order valence-corrected chi connectivity index (χ3v) is 5.21. The van der Waals surface area contributed by atoms with Gasteiger partial charge in [-0.05, 0) is 18.8 Å². The predicted molar refractivity (Wildman–Crippen MR) is 75.8 cm³/mol. The average Bonchev–Trinajstić information content (AvgIpc) is 2.17. The summed E-state index contributed by atoms with van der Waals surface area (Å²) in [5, 5.41) is 0.565. The molecule has 2 heteroatoms. The van der Waals surface area contributed by atoms with Crippen LogP contribution in [-0.2, 0) is 0 Å². The topological polar surface area (TPSA) is 0 Å². The van der Waals surface area contributed by atoms with Gasteiger partial charge in [0.1, 0.15) is 7.85 Å². The predicted octanol–water partition coefficient (Wildman–Crippen LogP) is 3.87. The van der Waals surface area contributed by atoms with Gasteiger partial charge < -0.3 is 0 Å². The van der Waals surface area contributed by atoms with E-state index in [-0.39, 0.29) is 0 Å². The van der Waals surface area contributed by atoms with Gasteiger partial charge in [0, 0.05) is 4.75 Å². The maximum absolute atomic E-state index is 4.97. The Hall–Kier alpha value is 0.415. The molecule has 1 fully saturated rings. The summed E-state index contributed by atoms with van der Waals surface area (Å²) in [6.45, 7) is 7.08. The van der Waals surface area contributed by atoms with Crippen LogP contribution < -0.4 is 0 Å². The highest BCUT2D eigenvalue weighted by atomic mass is 32.1. The van der Waals surface area contributed by atoms with E-state index >= 15 is 0 Å². The number of rotatable bonds is 1. The molecule has 0 aliphatic heterocycles. The van der Waals surface area contributed by atoms with Crippen molar-refractivity contribution in [1.29, 1.82) is 0 Å². The molecule has 0 N–H and O–H groups in total. The molecule has 0 aromatic rings. The van der Waals surface area contributed by atoms with E-state index in [2.05, 4.69) is 28.6 Å². The highest BCUT2D eigenvalue weighted by Gasteiger charge is 2.31.